The van der Waals surface area contributed by atoms with Crippen LogP contribution in [0.1, 0.15) is 91.9 Å². The number of fused-ring (bicyclic) bond motifs is 5. The van der Waals surface area contributed by atoms with E-state index in [9.17, 15) is 4.79 Å². The first-order valence-electron chi connectivity index (χ1n) is 14.0. The SMILES string of the molecule is CCC[C@@H](C)[C@H]1CC[C@H]2[C@@H]3CC=C4C[C@@H](OC(=O)NCCN(C)C)CC[C@]4(C)[C@H]3CC[C@]12C.Cl. The molecule has 4 aliphatic carbocycles. The van der Waals surface area contributed by atoms with Crippen LogP contribution < -0.4 is 5.32 Å². The number of halogens is 1. The third kappa shape index (κ3) is 5.19. The molecule has 34 heavy (non-hydrogen) atoms. The smallest absolute Gasteiger partial charge is 0.407 e. The standard InChI is InChI=1S/C29H50N2O2.ClH/c1-7-8-20(2)24-11-12-25-23-10-9-21-19-22(33-27(32)30-17-18-31(5)6)13-15-28(21,3)26(23)14-16-29(24,25)4;/h9,20,22-26H,7-8,10-19H2,1-6H3,(H,30,32);1H/t20-,22+,23+,24-,25+,26+,28+,29-;/m1./s1. The van der Waals surface area contributed by atoms with Crippen molar-refractivity contribution in [2.75, 3.05) is 27.2 Å². The molecule has 0 aromatic carbocycles. The minimum atomic E-state index is -0.244. The highest BCUT2D eigenvalue weighted by Gasteiger charge is 2.59. The first-order valence-corrected chi connectivity index (χ1v) is 14.0. The fraction of sp³-hybridized carbons (Fsp3) is 0.897. The summed E-state index contributed by atoms with van der Waals surface area (Å²) in [5, 5.41) is 2.92. The Labute approximate surface area is 215 Å². The summed E-state index contributed by atoms with van der Waals surface area (Å²) in [5.74, 6) is 4.40. The van der Waals surface area contributed by atoms with Crippen molar-refractivity contribution < 1.29 is 9.53 Å². The molecule has 0 radical (unpaired) electrons. The van der Waals surface area contributed by atoms with Gasteiger partial charge in [0.25, 0.3) is 0 Å². The van der Waals surface area contributed by atoms with Gasteiger partial charge in [0.1, 0.15) is 6.10 Å². The molecular formula is C29H51ClN2O2. The second kappa shape index (κ2) is 11.1. The number of amides is 1. The first-order chi connectivity index (χ1) is 15.7. The van der Waals surface area contributed by atoms with Gasteiger partial charge in [-0.15, -0.1) is 12.4 Å². The number of nitrogens with zero attached hydrogens (tertiary/aromatic N) is 1. The van der Waals surface area contributed by atoms with Crippen molar-refractivity contribution in [1.29, 1.82) is 0 Å². The topological polar surface area (TPSA) is 41.6 Å². The van der Waals surface area contributed by atoms with Gasteiger partial charge in [0.05, 0.1) is 0 Å². The highest BCUT2D eigenvalue weighted by molar-refractivity contribution is 5.85. The lowest BCUT2D eigenvalue weighted by Crippen LogP contribution is -2.51. The highest BCUT2D eigenvalue weighted by atomic mass is 35.5. The summed E-state index contributed by atoms with van der Waals surface area (Å²) in [4.78, 5) is 14.4. The van der Waals surface area contributed by atoms with E-state index in [1.165, 1.54) is 51.4 Å². The molecule has 0 unspecified atom stereocenters. The summed E-state index contributed by atoms with van der Waals surface area (Å²) in [7, 11) is 4.03. The molecule has 3 fully saturated rings. The molecule has 0 spiro atoms. The maximum absolute atomic E-state index is 12.3. The minimum absolute atomic E-state index is 0. The molecule has 0 aromatic rings. The Bertz CT molecular complexity index is 740. The van der Waals surface area contributed by atoms with Crippen LogP contribution in [0, 0.1) is 40.4 Å². The molecule has 1 N–H and O–H groups in total. The fourth-order valence-electron chi connectivity index (χ4n) is 8.93. The van der Waals surface area contributed by atoms with E-state index in [2.05, 4.69) is 44.0 Å². The number of carbonyl (C=O) groups is 1. The van der Waals surface area contributed by atoms with Gasteiger partial charge in [-0.1, -0.05) is 52.2 Å². The Morgan fingerprint density at radius 1 is 1.18 bits per heavy atom. The summed E-state index contributed by atoms with van der Waals surface area (Å²) >= 11 is 0. The van der Waals surface area contributed by atoms with Gasteiger partial charge in [0.2, 0.25) is 0 Å². The molecule has 3 saturated carbocycles. The lowest BCUT2D eigenvalue weighted by molar-refractivity contribution is -0.0580. The summed E-state index contributed by atoms with van der Waals surface area (Å²) in [5.41, 5.74) is 2.47. The summed E-state index contributed by atoms with van der Waals surface area (Å²) in [6.45, 7) is 11.6. The Morgan fingerprint density at radius 2 is 1.94 bits per heavy atom. The lowest BCUT2D eigenvalue weighted by atomic mass is 9.47. The van der Waals surface area contributed by atoms with E-state index >= 15 is 0 Å². The largest absolute Gasteiger partial charge is 0.446 e. The van der Waals surface area contributed by atoms with Gasteiger partial charge in [-0.25, -0.2) is 4.79 Å². The van der Waals surface area contributed by atoms with Crippen LogP contribution in [0.3, 0.4) is 0 Å². The van der Waals surface area contributed by atoms with Crippen LogP contribution in [0.25, 0.3) is 0 Å². The maximum Gasteiger partial charge on any atom is 0.407 e. The van der Waals surface area contributed by atoms with Crippen LogP contribution in [-0.2, 0) is 4.74 Å². The van der Waals surface area contributed by atoms with E-state index in [1.54, 1.807) is 5.57 Å². The Kier molecular flexibility index (Phi) is 9.10. The summed E-state index contributed by atoms with van der Waals surface area (Å²) < 4.78 is 5.84. The molecule has 0 saturated heterocycles. The second-order valence-electron chi connectivity index (χ2n) is 12.8. The zero-order valence-corrected chi connectivity index (χ0v) is 23.5. The molecule has 0 heterocycles. The van der Waals surface area contributed by atoms with Gasteiger partial charge < -0.3 is 15.0 Å². The number of allylic oxidation sites excluding steroid dienone is 1. The molecule has 4 aliphatic rings. The zero-order chi connectivity index (χ0) is 23.8. The molecule has 4 nitrogen and oxygen atoms in total. The molecule has 5 heteroatoms. The number of hydrogen-bond acceptors (Lipinski definition) is 3. The van der Waals surface area contributed by atoms with Gasteiger partial charge in [-0.2, -0.15) is 0 Å². The van der Waals surface area contributed by atoms with Crippen molar-refractivity contribution in [3.8, 4) is 0 Å². The quantitative estimate of drug-likeness (QED) is 0.384. The van der Waals surface area contributed by atoms with Gasteiger partial charge in [-0.05, 0) is 99.5 Å². The monoisotopic (exact) mass is 494 g/mol. The van der Waals surface area contributed by atoms with Crippen molar-refractivity contribution in [2.24, 2.45) is 40.4 Å². The van der Waals surface area contributed by atoms with Gasteiger partial charge in [0, 0.05) is 19.5 Å². The van der Waals surface area contributed by atoms with Gasteiger partial charge in [0.15, 0.2) is 0 Å². The van der Waals surface area contributed by atoms with Crippen LogP contribution in [-0.4, -0.2) is 44.3 Å². The van der Waals surface area contributed by atoms with E-state index < -0.39 is 0 Å². The lowest BCUT2D eigenvalue weighted by Gasteiger charge is -2.58. The molecular weight excluding hydrogens is 444 g/mol. The minimum Gasteiger partial charge on any atom is -0.446 e. The maximum atomic E-state index is 12.3. The van der Waals surface area contributed by atoms with Crippen LogP contribution in [0.4, 0.5) is 4.79 Å². The normalized spacial score (nSPS) is 39.7. The van der Waals surface area contributed by atoms with Crippen molar-refractivity contribution in [1.82, 2.24) is 10.2 Å². The Balaban J connectivity index is 0.00000324. The molecule has 4 rings (SSSR count). The second-order valence-corrected chi connectivity index (χ2v) is 12.8. The zero-order valence-electron chi connectivity index (χ0n) is 22.7. The number of likely N-dealkylation sites (N-methyl/N-ethyl adjacent to an activating group) is 1. The molecule has 1 amide bonds. The molecule has 196 valence electrons. The Morgan fingerprint density at radius 3 is 2.65 bits per heavy atom. The van der Waals surface area contributed by atoms with Gasteiger partial charge >= 0.3 is 6.09 Å². The van der Waals surface area contributed by atoms with Crippen molar-refractivity contribution in [2.45, 2.75) is 98.0 Å². The number of nitrogens with one attached hydrogen (secondary N) is 1. The number of alkyl carbamates (subject to hydrolysis) is 1. The third-order valence-electron chi connectivity index (χ3n) is 10.7. The number of ether oxygens (including phenoxy) is 1. The van der Waals surface area contributed by atoms with E-state index in [0.717, 1.165) is 49.0 Å². The predicted molar refractivity (Wildman–Crippen MR) is 143 cm³/mol. The van der Waals surface area contributed by atoms with E-state index in [1.807, 2.05) is 14.1 Å². The van der Waals surface area contributed by atoms with Crippen LogP contribution in [0.5, 0.6) is 0 Å². The molecule has 8 atom stereocenters. The highest BCUT2D eigenvalue weighted by Crippen LogP contribution is 2.67. The van der Waals surface area contributed by atoms with Crippen LogP contribution in [0.15, 0.2) is 11.6 Å². The predicted octanol–water partition coefficient (Wildman–Crippen LogP) is 7.08. The number of rotatable bonds is 7. The number of hydrogen-bond donors (Lipinski definition) is 1. The van der Waals surface area contributed by atoms with E-state index in [-0.39, 0.29) is 24.6 Å². The first kappa shape index (κ1) is 27.8. The molecule has 0 bridgehead atoms. The molecule has 0 aromatic heterocycles. The van der Waals surface area contributed by atoms with Crippen LogP contribution >= 0.6 is 12.4 Å². The third-order valence-corrected chi connectivity index (χ3v) is 10.7. The van der Waals surface area contributed by atoms with Crippen molar-refractivity contribution in [3.05, 3.63) is 11.6 Å². The average Bonchev–Trinajstić information content (AvgIpc) is 3.11. The van der Waals surface area contributed by atoms with Gasteiger partial charge in [-0.3, -0.25) is 0 Å². The van der Waals surface area contributed by atoms with E-state index in [0.29, 0.717) is 17.4 Å². The average molecular weight is 495 g/mol. The van der Waals surface area contributed by atoms with Crippen molar-refractivity contribution in [3.63, 3.8) is 0 Å². The fourth-order valence-corrected chi connectivity index (χ4v) is 8.93. The summed E-state index contributed by atoms with van der Waals surface area (Å²) in [6.07, 6.45) is 15.2. The van der Waals surface area contributed by atoms with E-state index in [4.69, 9.17) is 4.74 Å². The van der Waals surface area contributed by atoms with Crippen LogP contribution in [0.2, 0.25) is 0 Å². The number of carbonyl (C=O) groups excluding carboxylic acids is 1. The Hall–Kier alpha value is -0.740. The molecule has 0 aliphatic heterocycles. The van der Waals surface area contributed by atoms with Crippen molar-refractivity contribution >= 4 is 18.5 Å². The summed E-state index contributed by atoms with van der Waals surface area (Å²) in [6, 6.07) is 0.